The molecule has 0 radical (unpaired) electrons. The lowest BCUT2D eigenvalue weighted by atomic mass is 10.0. The van der Waals surface area contributed by atoms with E-state index in [1.54, 1.807) is 6.08 Å². The molecule has 0 saturated carbocycles. The molecule has 0 aliphatic carbocycles. The summed E-state index contributed by atoms with van der Waals surface area (Å²) in [4.78, 5) is 12.5. The molecule has 386 valence electrons. The minimum atomic E-state index is -0.867. The van der Waals surface area contributed by atoms with Crippen LogP contribution in [0.3, 0.4) is 0 Å². The maximum atomic E-state index is 12.5. The quantitative estimate of drug-likeness (QED) is 0.0420. The van der Waals surface area contributed by atoms with Gasteiger partial charge in [0.05, 0.1) is 18.8 Å². The highest BCUT2D eigenvalue weighted by atomic mass is 16.3. The number of rotatable bonds is 52. The number of aliphatic hydroxyl groups is 2. The molecule has 0 aromatic rings. The molecule has 0 fully saturated rings. The zero-order valence-corrected chi connectivity index (χ0v) is 44.4. The van der Waals surface area contributed by atoms with Gasteiger partial charge in [0.25, 0.3) is 0 Å². The molecule has 4 heteroatoms. The summed E-state index contributed by atoms with van der Waals surface area (Å²) in [7, 11) is 0. The summed E-state index contributed by atoms with van der Waals surface area (Å²) in [6.07, 6.45) is 85.7. The largest absolute Gasteiger partial charge is 0.394 e. The first-order valence-electron chi connectivity index (χ1n) is 29.0. The van der Waals surface area contributed by atoms with Crippen LogP contribution < -0.4 is 5.32 Å². The van der Waals surface area contributed by atoms with Crippen LogP contribution in [0.25, 0.3) is 0 Å². The summed E-state index contributed by atoms with van der Waals surface area (Å²) < 4.78 is 0. The summed E-state index contributed by atoms with van der Waals surface area (Å²) >= 11 is 0. The van der Waals surface area contributed by atoms with Gasteiger partial charge in [-0.15, -0.1) is 0 Å². The monoisotopic (exact) mass is 930 g/mol. The lowest BCUT2D eigenvalue weighted by Gasteiger charge is -2.19. The molecule has 0 aromatic heterocycles. The second-order valence-electron chi connectivity index (χ2n) is 19.3. The summed E-state index contributed by atoms with van der Waals surface area (Å²) in [5.74, 6) is -0.0743. The number of carbonyl (C=O) groups excluding carboxylic acids is 1. The fourth-order valence-electron chi connectivity index (χ4n) is 8.43. The smallest absolute Gasteiger partial charge is 0.220 e. The fourth-order valence-corrected chi connectivity index (χ4v) is 8.43. The van der Waals surface area contributed by atoms with E-state index in [0.29, 0.717) is 6.42 Å². The number of carbonyl (C=O) groups is 1. The highest BCUT2D eigenvalue weighted by molar-refractivity contribution is 5.76. The highest BCUT2D eigenvalue weighted by Gasteiger charge is 2.18. The van der Waals surface area contributed by atoms with Crippen molar-refractivity contribution in [3.63, 3.8) is 0 Å². The number of aliphatic hydroxyl groups excluding tert-OH is 2. The van der Waals surface area contributed by atoms with E-state index in [0.717, 1.165) is 70.6 Å². The van der Waals surface area contributed by atoms with Gasteiger partial charge in [-0.05, 0) is 83.5 Å². The maximum absolute atomic E-state index is 12.5. The molecule has 0 saturated heterocycles. The summed E-state index contributed by atoms with van der Waals surface area (Å²) in [5.41, 5.74) is 0. The van der Waals surface area contributed by atoms with Crippen molar-refractivity contribution < 1.29 is 15.0 Å². The molecule has 2 unspecified atom stereocenters. The Labute approximate surface area is 417 Å². The van der Waals surface area contributed by atoms with Crippen molar-refractivity contribution in [2.45, 2.75) is 289 Å². The Bertz CT molecular complexity index is 1240. The van der Waals surface area contributed by atoms with Crippen molar-refractivity contribution in [1.29, 1.82) is 0 Å². The van der Waals surface area contributed by atoms with Crippen LogP contribution in [-0.4, -0.2) is 34.9 Å². The maximum Gasteiger partial charge on any atom is 0.220 e. The number of unbranched alkanes of at least 4 members (excludes halogenated alkanes) is 31. The molecule has 0 aromatic carbocycles. The van der Waals surface area contributed by atoms with Gasteiger partial charge in [-0.1, -0.05) is 284 Å². The predicted octanol–water partition coefficient (Wildman–Crippen LogP) is 19.3. The van der Waals surface area contributed by atoms with E-state index in [-0.39, 0.29) is 12.5 Å². The summed E-state index contributed by atoms with van der Waals surface area (Å²) in [6, 6.07) is -0.644. The normalized spacial score (nSPS) is 13.6. The number of hydrogen-bond acceptors (Lipinski definition) is 3. The number of allylic oxidation sites excluding steroid dienone is 15. The molecule has 0 aliphatic heterocycles. The standard InChI is InChI=1S/C63H111NO3/c1-3-5-7-9-11-13-15-17-19-21-23-25-26-27-28-29-30-31-32-33-34-35-36-37-38-39-41-43-45-47-49-51-53-55-57-59-63(67)64-61(60-65)62(66)58-56-54-52-50-48-46-44-42-40-24-22-20-18-16-14-12-10-8-6-4-2/h5,7,11,13,17,19,23,25,27-28,30-31,48,50,56,58,61-62,65-66H,3-4,6,8-10,12,14-16,18,20-22,24,26,29,32-47,49,51-55,57,59-60H2,1-2H3,(H,64,67)/b7-5-,13-11-,19-17-,25-23-,28-27-,31-30-,50-48+,58-56+. The van der Waals surface area contributed by atoms with Crippen LogP contribution in [-0.2, 0) is 4.79 Å². The van der Waals surface area contributed by atoms with E-state index < -0.39 is 12.1 Å². The molecule has 67 heavy (non-hydrogen) atoms. The van der Waals surface area contributed by atoms with Crippen LogP contribution in [0.5, 0.6) is 0 Å². The van der Waals surface area contributed by atoms with E-state index in [4.69, 9.17) is 0 Å². The van der Waals surface area contributed by atoms with Gasteiger partial charge in [0.1, 0.15) is 0 Å². The predicted molar refractivity (Wildman–Crippen MR) is 299 cm³/mol. The fraction of sp³-hybridized carbons (Fsp3) is 0.730. The van der Waals surface area contributed by atoms with Crippen molar-refractivity contribution in [3.05, 3.63) is 97.2 Å². The average molecular weight is 931 g/mol. The van der Waals surface area contributed by atoms with Crippen molar-refractivity contribution >= 4 is 5.91 Å². The first kappa shape index (κ1) is 64.3. The molecule has 1 amide bonds. The minimum absolute atomic E-state index is 0.0743. The van der Waals surface area contributed by atoms with Gasteiger partial charge in [-0.3, -0.25) is 4.79 Å². The van der Waals surface area contributed by atoms with Gasteiger partial charge < -0.3 is 15.5 Å². The van der Waals surface area contributed by atoms with Crippen molar-refractivity contribution in [2.75, 3.05) is 6.61 Å². The van der Waals surface area contributed by atoms with Crippen LogP contribution in [0.15, 0.2) is 97.2 Å². The molecule has 0 bridgehead atoms. The zero-order valence-electron chi connectivity index (χ0n) is 44.4. The van der Waals surface area contributed by atoms with Crippen LogP contribution in [0.1, 0.15) is 277 Å². The highest BCUT2D eigenvalue weighted by Crippen LogP contribution is 2.16. The van der Waals surface area contributed by atoms with Crippen LogP contribution in [0, 0.1) is 0 Å². The molecule has 3 N–H and O–H groups in total. The van der Waals surface area contributed by atoms with Gasteiger partial charge in [-0.25, -0.2) is 0 Å². The first-order valence-corrected chi connectivity index (χ1v) is 29.0. The molecule has 0 rings (SSSR count). The van der Waals surface area contributed by atoms with Crippen LogP contribution >= 0.6 is 0 Å². The Hall–Kier alpha value is -2.69. The lowest BCUT2D eigenvalue weighted by molar-refractivity contribution is -0.123. The molecule has 4 nitrogen and oxygen atoms in total. The van der Waals surface area contributed by atoms with Gasteiger partial charge in [0, 0.05) is 6.42 Å². The van der Waals surface area contributed by atoms with E-state index in [1.807, 2.05) is 6.08 Å². The molecule has 0 spiro atoms. The number of amides is 1. The SMILES string of the molecule is CC/C=C\C/C=C\C/C=C\C/C=C\C/C=C\C/C=C\CCCCCCCCCCCCCCCCCCC(=O)NC(CO)C(O)/C=C/CC/C=C/CCCCCCCCCCCCCCCC. The Morgan fingerprint density at radius 3 is 1.04 bits per heavy atom. The molecule has 2 atom stereocenters. The Morgan fingerprint density at radius 2 is 0.672 bits per heavy atom. The van der Waals surface area contributed by atoms with E-state index in [2.05, 4.69) is 104 Å². The molecule has 0 aliphatic rings. The Morgan fingerprint density at radius 1 is 0.373 bits per heavy atom. The third-order valence-electron chi connectivity index (χ3n) is 12.8. The summed E-state index contributed by atoms with van der Waals surface area (Å²) in [6.45, 7) is 4.20. The van der Waals surface area contributed by atoms with Gasteiger partial charge in [0.2, 0.25) is 5.91 Å². The van der Waals surface area contributed by atoms with E-state index >= 15 is 0 Å². The molecule has 0 heterocycles. The van der Waals surface area contributed by atoms with Crippen LogP contribution in [0.4, 0.5) is 0 Å². The Kier molecular flexibility index (Phi) is 55.3. The third-order valence-corrected chi connectivity index (χ3v) is 12.8. The number of nitrogens with one attached hydrogen (secondary N) is 1. The third kappa shape index (κ3) is 54.1. The lowest BCUT2D eigenvalue weighted by Crippen LogP contribution is -2.45. The minimum Gasteiger partial charge on any atom is -0.394 e. The van der Waals surface area contributed by atoms with Crippen molar-refractivity contribution in [3.8, 4) is 0 Å². The van der Waals surface area contributed by atoms with Crippen molar-refractivity contribution in [1.82, 2.24) is 5.32 Å². The summed E-state index contributed by atoms with van der Waals surface area (Å²) in [5, 5.41) is 23.1. The van der Waals surface area contributed by atoms with E-state index in [9.17, 15) is 15.0 Å². The van der Waals surface area contributed by atoms with Gasteiger partial charge in [-0.2, -0.15) is 0 Å². The number of hydrogen-bond donors (Lipinski definition) is 3. The van der Waals surface area contributed by atoms with E-state index in [1.165, 1.54) is 186 Å². The second kappa shape index (κ2) is 57.6. The first-order chi connectivity index (χ1) is 33.2. The molecular weight excluding hydrogens is 819 g/mol. The van der Waals surface area contributed by atoms with Crippen LogP contribution in [0.2, 0.25) is 0 Å². The topological polar surface area (TPSA) is 69.6 Å². The molecular formula is C63H111NO3. The van der Waals surface area contributed by atoms with Crippen molar-refractivity contribution in [2.24, 2.45) is 0 Å². The Balaban J connectivity index is 3.54. The average Bonchev–Trinajstić information content (AvgIpc) is 3.33. The zero-order chi connectivity index (χ0) is 48.5. The van der Waals surface area contributed by atoms with Gasteiger partial charge in [0.15, 0.2) is 0 Å². The van der Waals surface area contributed by atoms with Gasteiger partial charge >= 0.3 is 0 Å². The second-order valence-corrected chi connectivity index (χ2v) is 19.3.